The average molecular weight is 289 g/mol. The fraction of sp³-hybridized carbons (Fsp3) is 0.842. The van der Waals surface area contributed by atoms with E-state index in [2.05, 4.69) is 13.0 Å². The molecule has 0 aromatic rings. The molecule has 0 unspecified atom stereocenters. The molecule has 3 saturated carbocycles. The number of ketones is 1. The minimum Gasteiger partial charge on any atom is -0.395 e. The summed E-state index contributed by atoms with van der Waals surface area (Å²) >= 11 is 0. The lowest BCUT2D eigenvalue weighted by Gasteiger charge is -2.57. The number of hydrogen-bond acceptors (Lipinski definition) is 2. The Morgan fingerprint density at radius 1 is 1.29 bits per heavy atom. The van der Waals surface area contributed by atoms with E-state index >= 15 is 0 Å². The number of allylic oxidation sites excluding steroid dienone is 1. The summed E-state index contributed by atoms with van der Waals surface area (Å²) in [6, 6.07) is 0. The summed E-state index contributed by atoms with van der Waals surface area (Å²) in [6.07, 6.45) is 11.5. The lowest BCUT2D eigenvalue weighted by molar-refractivity contribution is -0.133. The Balaban J connectivity index is 1.74. The van der Waals surface area contributed by atoms with E-state index in [0.29, 0.717) is 23.5 Å². The number of carbonyl (C=O) groups excluding carboxylic acids is 1. The maximum absolute atomic E-state index is 12.4. The monoisotopic (exact) mass is 289 g/mol. The van der Waals surface area contributed by atoms with Gasteiger partial charge >= 0.3 is 0 Å². The van der Waals surface area contributed by atoms with Crippen molar-refractivity contribution in [3.63, 3.8) is 0 Å². The highest BCUT2D eigenvalue weighted by Gasteiger charge is 2.59. The van der Waals surface area contributed by atoms with Crippen LogP contribution in [0.25, 0.3) is 0 Å². The summed E-state index contributed by atoms with van der Waals surface area (Å²) in [5.74, 6) is 1.93. The second-order valence-electron chi connectivity index (χ2n) is 8.12. The molecule has 2 heteroatoms. The lowest BCUT2D eigenvalue weighted by Crippen LogP contribution is -2.52. The molecule has 0 amide bonds. The van der Waals surface area contributed by atoms with E-state index < -0.39 is 6.58 Å². The topological polar surface area (TPSA) is 37.3 Å². The SMILES string of the molecule is [2H][C@H](O)[C@]12CCCC=C1CC[C@@H]1[C@@H]2CC[C@]2(C)C(=O)CC[C@@H]12. The third-order valence-corrected chi connectivity index (χ3v) is 7.57. The van der Waals surface area contributed by atoms with Gasteiger partial charge in [0.25, 0.3) is 0 Å². The van der Waals surface area contributed by atoms with E-state index in [-0.39, 0.29) is 10.8 Å². The molecule has 4 rings (SSSR count). The molecule has 0 saturated heterocycles. The first-order valence-electron chi connectivity index (χ1n) is 9.41. The Kier molecular flexibility index (Phi) is 2.87. The van der Waals surface area contributed by atoms with Gasteiger partial charge in [0.1, 0.15) is 5.78 Å². The Hall–Kier alpha value is -0.630. The van der Waals surface area contributed by atoms with Crippen molar-refractivity contribution in [3.8, 4) is 0 Å². The summed E-state index contributed by atoms with van der Waals surface area (Å²) in [4.78, 5) is 12.4. The summed E-state index contributed by atoms with van der Waals surface area (Å²) < 4.78 is 8.24. The molecule has 3 fully saturated rings. The van der Waals surface area contributed by atoms with E-state index in [1.54, 1.807) is 0 Å². The molecule has 1 N–H and O–H groups in total. The number of hydrogen-bond donors (Lipinski definition) is 1. The highest BCUT2D eigenvalue weighted by Crippen LogP contribution is 2.64. The van der Waals surface area contributed by atoms with Crippen LogP contribution < -0.4 is 0 Å². The second-order valence-corrected chi connectivity index (χ2v) is 8.12. The van der Waals surface area contributed by atoms with Crippen LogP contribution >= 0.6 is 0 Å². The third-order valence-electron chi connectivity index (χ3n) is 7.57. The first-order valence-corrected chi connectivity index (χ1v) is 8.83. The minimum atomic E-state index is -0.992. The Morgan fingerprint density at radius 2 is 2.14 bits per heavy atom. The number of carbonyl (C=O) groups is 1. The number of aliphatic hydroxyl groups excluding tert-OH is 1. The molecular formula is C19H28O2. The van der Waals surface area contributed by atoms with Crippen molar-refractivity contribution in [1.29, 1.82) is 0 Å². The molecule has 0 bridgehead atoms. The first kappa shape index (κ1) is 12.9. The van der Waals surface area contributed by atoms with Gasteiger partial charge in [-0.15, -0.1) is 0 Å². The van der Waals surface area contributed by atoms with Crippen molar-refractivity contribution in [3.05, 3.63) is 11.6 Å². The van der Waals surface area contributed by atoms with Crippen LogP contribution in [0.2, 0.25) is 0 Å². The molecular weight excluding hydrogens is 260 g/mol. The van der Waals surface area contributed by atoms with Gasteiger partial charge in [0.05, 0.1) is 7.95 Å². The van der Waals surface area contributed by atoms with Crippen molar-refractivity contribution in [2.75, 3.05) is 6.58 Å². The molecule has 2 nitrogen and oxygen atoms in total. The van der Waals surface area contributed by atoms with Gasteiger partial charge in [-0.25, -0.2) is 0 Å². The molecule has 0 aromatic carbocycles. The fourth-order valence-corrected chi connectivity index (χ4v) is 6.45. The lowest BCUT2D eigenvalue weighted by atomic mass is 9.47. The van der Waals surface area contributed by atoms with Crippen LogP contribution in [-0.2, 0) is 4.79 Å². The standard InChI is InChI=1S/C19H28O2/c1-18-11-9-16-14(15(18)7-8-17(18)21)6-5-13-4-2-3-10-19(13,16)12-20/h4,14-16,20H,2-3,5-12H2,1H3/t14-,15-,16-,18-,19+/m0/s1/i12D/t12-,14-,15-,16-,18-,19+. The van der Waals surface area contributed by atoms with Crippen molar-refractivity contribution in [2.24, 2.45) is 28.6 Å². The number of Topliss-reactive ketones (excluding diaryl/α,β-unsaturated/α-hetero) is 1. The highest BCUT2D eigenvalue weighted by molar-refractivity contribution is 5.87. The van der Waals surface area contributed by atoms with E-state index in [9.17, 15) is 9.90 Å². The molecule has 116 valence electrons. The summed E-state index contributed by atoms with van der Waals surface area (Å²) in [7, 11) is 0. The van der Waals surface area contributed by atoms with Gasteiger partial charge < -0.3 is 5.11 Å². The van der Waals surface area contributed by atoms with E-state index in [0.717, 1.165) is 51.4 Å². The zero-order valence-electron chi connectivity index (χ0n) is 14.1. The van der Waals surface area contributed by atoms with E-state index in [1.807, 2.05) is 0 Å². The van der Waals surface area contributed by atoms with Crippen LogP contribution in [0.1, 0.15) is 66.1 Å². The van der Waals surface area contributed by atoms with Gasteiger partial charge in [-0.3, -0.25) is 4.79 Å². The van der Waals surface area contributed by atoms with E-state index in [4.69, 9.17) is 1.37 Å². The Bertz CT molecular complexity index is 526. The predicted octanol–water partition coefficient (Wildman–Crippen LogP) is 3.88. The molecule has 6 atom stereocenters. The zero-order chi connectivity index (χ0) is 15.5. The highest BCUT2D eigenvalue weighted by atomic mass is 16.3. The number of rotatable bonds is 1. The largest absolute Gasteiger partial charge is 0.395 e. The number of fused-ring (bicyclic) bond motifs is 5. The molecule has 0 aromatic heterocycles. The van der Waals surface area contributed by atoms with Crippen LogP contribution in [0.4, 0.5) is 0 Å². The molecule has 4 aliphatic rings. The third kappa shape index (κ3) is 1.72. The maximum Gasteiger partial charge on any atom is 0.139 e. The predicted molar refractivity (Wildman–Crippen MR) is 82.7 cm³/mol. The Morgan fingerprint density at radius 3 is 2.95 bits per heavy atom. The normalized spacial score (nSPS) is 51.3. The molecule has 0 heterocycles. The van der Waals surface area contributed by atoms with Crippen LogP contribution in [0, 0.1) is 28.6 Å². The first-order chi connectivity index (χ1) is 10.5. The zero-order valence-corrected chi connectivity index (χ0v) is 13.1. The summed E-state index contributed by atoms with van der Waals surface area (Å²) in [5, 5.41) is 10.4. The summed E-state index contributed by atoms with van der Waals surface area (Å²) in [5.41, 5.74) is 0.967. The quantitative estimate of drug-likeness (QED) is 0.744. The number of aliphatic hydroxyl groups is 1. The van der Waals surface area contributed by atoms with Crippen molar-refractivity contribution in [2.45, 2.75) is 64.7 Å². The van der Waals surface area contributed by atoms with Gasteiger partial charge in [-0.05, 0) is 69.1 Å². The van der Waals surface area contributed by atoms with Crippen LogP contribution in [0.3, 0.4) is 0 Å². The second kappa shape index (κ2) is 4.68. The van der Waals surface area contributed by atoms with Gasteiger partial charge in [-0.1, -0.05) is 18.6 Å². The Labute approximate surface area is 129 Å². The molecule has 0 aliphatic heterocycles. The molecule has 0 radical (unpaired) electrons. The van der Waals surface area contributed by atoms with Gasteiger partial charge in [0.15, 0.2) is 0 Å². The average Bonchev–Trinajstić information content (AvgIpc) is 2.82. The van der Waals surface area contributed by atoms with Crippen LogP contribution in [0.5, 0.6) is 0 Å². The van der Waals surface area contributed by atoms with Gasteiger partial charge in [0, 0.05) is 17.3 Å². The van der Waals surface area contributed by atoms with Gasteiger partial charge in [-0.2, -0.15) is 0 Å². The smallest absolute Gasteiger partial charge is 0.139 e. The van der Waals surface area contributed by atoms with Crippen molar-refractivity contribution < 1.29 is 11.3 Å². The maximum atomic E-state index is 12.4. The molecule has 4 aliphatic carbocycles. The molecule has 0 spiro atoms. The minimum absolute atomic E-state index is 0.106. The van der Waals surface area contributed by atoms with E-state index in [1.165, 1.54) is 12.0 Å². The molecule has 21 heavy (non-hydrogen) atoms. The van der Waals surface area contributed by atoms with Gasteiger partial charge in [0.2, 0.25) is 0 Å². The van der Waals surface area contributed by atoms with Crippen molar-refractivity contribution >= 4 is 5.78 Å². The fourth-order valence-electron chi connectivity index (χ4n) is 6.45. The summed E-state index contributed by atoms with van der Waals surface area (Å²) in [6.45, 7) is 1.20. The van der Waals surface area contributed by atoms with Crippen molar-refractivity contribution in [1.82, 2.24) is 0 Å². The van der Waals surface area contributed by atoms with Crippen LogP contribution in [-0.4, -0.2) is 17.5 Å². The van der Waals surface area contributed by atoms with Crippen LogP contribution in [0.15, 0.2) is 11.6 Å².